The average molecular weight is 347 g/mol. The highest BCUT2D eigenvalue weighted by atomic mass is 14.8. The first-order valence-corrected chi connectivity index (χ1v) is 8.85. The van der Waals surface area contributed by atoms with Crippen LogP contribution < -0.4 is 0 Å². The van der Waals surface area contributed by atoms with Crippen molar-refractivity contribution in [1.82, 2.24) is 4.98 Å². The number of aromatic nitrogens is 1. The van der Waals surface area contributed by atoms with E-state index in [2.05, 4.69) is 71.3 Å². The van der Waals surface area contributed by atoms with Crippen LogP contribution in [-0.2, 0) is 0 Å². The maximum atomic E-state index is 8.23. The summed E-state index contributed by atoms with van der Waals surface area (Å²) < 4.78 is 0. The molecule has 5 rings (SSSR count). The Hall–Kier alpha value is -3.72. The minimum Gasteiger partial charge on any atom is -0.354 e. The molecule has 0 saturated carbocycles. The maximum absolute atomic E-state index is 8.23. The molecule has 0 aliphatic rings. The Morgan fingerprint density at radius 2 is 1.52 bits per heavy atom. The lowest BCUT2D eigenvalue weighted by atomic mass is 9.92. The number of para-hydroxylation sites is 1. The molecule has 0 aliphatic carbocycles. The van der Waals surface area contributed by atoms with E-state index in [-0.39, 0.29) is 5.84 Å². The highest BCUT2D eigenvalue weighted by Gasteiger charge is 2.16. The van der Waals surface area contributed by atoms with E-state index < -0.39 is 0 Å². The second-order valence-electron chi connectivity index (χ2n) is 6.62. The van der Waals surface area contributed by atoms with Crippen LogP contribution in [0.2, 0.25) is 0 Å². The fraction of sp³-hybridized carbons (Fsp3) is 0. The molecule has 0 saturated heterocycles. The van der Waals surface area contributed by atoms with Gasteiger partial charge >= 0.3 is 0 Å². The molecule has 0 radical (unpaired) electrons. The van der Waals surface area contributed by atoms with Crippen LogP contribution in [0.15, 0.2) is 83.9 Å². The minimum absolute atomic E-state index is 0.187. The fourth-order valence-electron chi connectivity index (χ4n) is 3.92. The molecule has 2 N–H and O–H groups in total. The lowest BCUT2D eigenvalue weighted by molar-refractivity contribution is 1.43. The summed E-state index contributed by atoms with van der Waals surface area (Å²) >= 11 is 0. The third kappa shape index (κ3) is 2.29. The summed E-state index contributed by atoms with van der Waals surface area (Å²) in [5.41, 5.74) is 5.12. The number of fused-ring (bicyclic) bond motifs is 5. The SMILES string of the molecule is C=NC(=N)c1ccccc1-c1cc2ccccc2c2[nH]c3ccccc3c12. The van der Waals surface area contributed by atoms with Gasteiger partial charge in [-0.1, -0.05) is 66.7 Å². The third-order valence-electron chi connectivity index (χ3n) is 5.14. The van der Waals surface area contributed by atoms with Crippen molar-refractivity contribution in [3.63, 3.8) is 0 Å². The number of hydrogen-bond acceptors (Lipinski definition) is 1. The van der Waals surface area contributed by atoms with Gasteiger partial charge in [0.2, 0.25) is 0 Å². The van der Waals surface area contributed by atoms with E-state index in [0.29, 0.717) is 0 Å². The predicted octanol–water partition coefficient (Wildman–Crippen LogP) is 6.17. The second kappa shape index (κ2) is 5.92. The van der Waals surface area contributed by atoms with Gasteiger partial charge in [0.05, 0.1) is 5.52 Å². The Kier molecular flexibility index (Phi) is 3.41. The van der Waals surface area contributed by atoms with Crippen LogP contribution in [-0.4, -0.2) is 17.5 Å². The Bertz CT molecular complexity index is 1360. The molecular weight excluding hydrogens is 330 g/mol. The maximum Gasteiger partial charge on any atom is 0.151 e. The first kappa shape index (κ1) is 15.5. The van der Waals surface area contributed by atoms with Crippen LogP contribution >= 0.6 is 0 Å². The van der Waals surface area contributed by atoms with Crippen molar-refractivity contribution < 1.29 is 0 Å². The molecule has 0 amide bonds. The summed E-state index contributed by atoms with van der Waals surface area (Å²) in [5, 5.41) is 12.9. The first-order valence-electron chi connectivity index (χ1n) is 8.85. The molecule has 5 aromatic rings. The van der Waals surface area contributed by atoms with E-state index in [9.17, 15) is 0 Å². The van der Waals surface area contributed by atoms with Gasteiger partial charge in [-0.15, -0.1) is 0 Å². The van der Waals surface area contributed by atoms with Gasteiger partial charge < -0.3 is 4.98 Å². The van der Waals surface area contributed by atoms with Crippen LogP contribution in [0.5, 0.6) is 0 Å². The van der Waals surface area contributed by atoms with Gasteiger partial charge in [0, 0.05) is 27.2 Å². The van der Waals surface area contributed by atoms with E-state index in [4.69, 9.17) is 5.41 Å². The molecule has 4 aromatic carbocycles. The number of aliphatic imine (C=N–C) groups is 1. The monoisotopic (exact) mass is 347 g/mol. The lowest BCUT2D eigenvalue weighted by Crippen LogP contribution is -1.98. The van der Waals surface area contributed by atoms with Crippen molar-refractivity contribution >= 4 is 45.1 Å². The number of amidine groups is 1. The number of H-pyrrole nitrogens is 1. The van der Waals surface area contributed by atoms with Gasteiger partial charge in [0.1, 0.15) is 0 Å². The second-order valence-corrected chi connectivity index (χ2v) is 6.62. The van der Waals surface area contributed by atoms with E-state index in [0.717, 1.165) is 27.7 Å². The summed E-state index contributed by atoms with van der Waals surface area (Å²) in [4.78, 5) is 7.47. The van der Waals surface area contributed by atoms with Gasteiger partial charge in [-0.3, -0.25) is 5.41 Å². The molecule has 0 spiro atoms. The van der Waals surface area contributed by atoms with Crippen molar-refractivity contribution in [2.75, 3.05) is 0 Å². The van der Waals surface area contributed by atoms with E-state index >= 15 is 0 Å². The Labute approximate surface area is 156 Å². The summed E-state index contributed by atoms with van der Waals surface area (Å²) in [5.74, 6) is 0.187. The number of rotatable bonds is 2. The predicted molar refractivity (Wildman–Crippen MR) is 115 cm³/mol. The Morgan fingerprint density at radius 3 is 2.37 bits per heavy atom. The number of nitrogens with zero attached hydrogens (tertiary/aromatic N) is 1. The van der Waals surface area contributed by atoms with E-state index in [1.54, 1.807) is 0 Å². The smallest absolute Gasteiger partial charge is 0.151 e. The third-order valence-corrected chi connectivity index (χ3v) is 5.14. The van der Waals surface area contributed by atoms with Crippen molar-refractivity contribution in [3.05, 3.63) is 84.4 Å². The standard InChI is InChI=1S/C24H17N3/c1-26-24(25)18-11-5-4-10-17(18)20-14-15-8-2-3-9-16(15)23-22(20)19-12-6-7-13-21(19)27-23/h2-14,25,27H,1H2. The fourth-order valence-corrected chi connectivity index (χ4v) is 3.92. The summed E-state index contributed by atoms with van der Waals surface area (Å²) in [6.07, 6.45) is 0. The van der Waals surface area contributed by atoms with Gasteiger partial charge in [0.25, 0.3) is 0 Å². The van der Waals surface area contributed by atoms with Crippen LogP contribution in [0, 0.1) is 5.41 Å². The highest BCUT2D eigenvalue weighted by Crippen LogP contribution is 2.40. The molecular formula is C24H17N3. The number of aromatic amines is 1. The molecule has 27 heavy (non-hydrogen) atoms. The van der Waals surface area contributed by atoms with Crippen molar-refractivity contribution in [3.8, 4) is 11.1 Å². The molecule has 3 nitrogen and oxygen atoms in total. The molecule has 128 valence electrons. The summed E-state index contributed by atoms with van der Waals surface area (Å²) in [6.45, 7) is 3.54. The first-order chi connectivity index (χ1) is 13.3. The highest BCUT2D eigenvalue weighted by molar-refractivity contribution is 6.23. The van der Waals surface area contributed by atoms with Crippen LogP contribution in [0.3, 0.4) is 0 Å². The topological polar surface area (TPSA) is 52.0 Å². The number of nitrogens with one attached hydrogen (secondary N) is 2. The molecule has 1 heterocycles. The Morgan fingerprint density at radius 1 is 0.815 bits per heavy atom. The molecule has 0 aliphatic heterocycles. The minimum atomic E-state index is 0.187. The molecule has 1 aromatic heterocycles. The zero-order valence-corrected chi connectivity index (χ0v) is 14.7. The van der Waals surface area contributed by atoms with E-state index in [1.807, 2.05) is 24.3 Å². The zero-order chi connectivity index (χ0) is 18.4. The Balaban J connectivity index is 2.01. The van der Waals surface area contributed by atoms with Crippen molar-refractivity contribution in [1.29, 1.82) is 5.41 Å². The molecule has 0 bridgehead atoms. The number of benzene rings is 4. The van der Waals surface area contributed by atoms with Crippen LogP contribution in [0.1, 0.15) is 5.56 Å². The van der Waals surface area contributed by atoms with Crippen LogP contribution in [0.25, 0.3) is 43.7 Å². The lowest BCUT2D eigenvalue weighted by Gasteiger charge is -2.12. The van der Waals surface area contributed by atoms with Crippen molar-refractivity contribution in [2.45, 2.75) is 0 Å². The summed E-state index contributed by atoms with van der Waals surface area (Å²) in [7, 11) is 0. The largest absolute Gasteiger partial charge is 0.354 e. The number of hydrogen-bond donors (Lipinski definition) is 2. The van der Waals surface area contributed by atoms with E-state index in [1.165, 1.54) is 21.5 Å². The average Bonchev–Trinajstić information content (AvgIpc) is 3.12. The quantitative estimate of drug-likeness (QED) is 0.283. The van der Waals surface area contributed by atoms with Gasteiger partial charge in [-0.05, 0) is 35.4 Å². The normalized spacial score (nSPS) is 11.3. The van der Waals surface area contributed by atoms with Crippen LogP contribution in [0.4, 0.5) is 0 Å². The van der Waals surface area contributed by atoms with Gasteiger partial charge in [-0.2, -0.15) is 0 Å². The molecule has 0 atom stereocenters. The van der Waals surface area contributed by atoms with Gasteiger partial charge in [0.15, 0.2) is 5.84 Å². The molecule has 0 fully saturated rings. The van der Waals surface area contributed by atoms with Crippen molar-refractivity contribution in [2.24, 2.45) is 4.99 Å². The zero-order valence-electron chi connectivity index (χ0n) is 14.7. The molecule has 0 unspecified atom stereocenters. The summed E-state index contributed by atoms with van der Waals surface area (Å²) in [6, 6.07) is 26.9. The van der Waals surface area contributed by atoms with Gasteiger partial charge in [-0.25, -0.2) is 4.99 Å². The molecule has 3 heteroatoms.